The first-order valence-corrected chi connectivity index (χ1v) is 10.3. The van der Waals surface area contributed by atoms with Gasteiger partial charge in [-0.05, 0) is 12.3 Å². The lowest BCUT2D eigenvalue weighted by Gasteiger charge is -2.47. The molecule has 0 radical (unpaired) electrons. The third-order valence-electron chi connectivity index (χ3n) is 8.95. The third kappa shape index (κ3) is 1.43. The molecule has 4 N–H and O–H groups in total. The van der Waals surface area contributed by atoms with Crippen molar-refractivity contribution in [1.29, 1.82) is 0 Å². The summed E-state index contributed by atoms with van der Waals surface area (Å²) in [6.07, 6.45) is -9.69. The molecule has 6 aliphatic rings. The molecule has 170 valence electrons. The van der Waals surface area contributed by atoms with Crippen LogP contribution in [0.2, 0.25) is 0 Å². The Balaban J connectivity index is 1.75. The van der Waals surface area contributed by atoms with Crippen molar-refractivity contribution in [3.63, 3.8) is 0 Å². The average molecular weight is 440 g/mol. The van der Waals surface area contributed by atoms with Gasteiger partial charge in [0.05, 0.1) is 22.9 Å². The maximum Gasteiger partial charge on any atom is 0.343 e. The first kappa shape index (κ1) is 19.9. The van der Waals surface area contributed by atoms with E-state index in [0.717, 1.165) is 0 Å². The monoisotopic (exact) mass is 440 g/mol. The van der Waals surface area contributed by atoms with Crippen LogP contribution in [0.1, 0.15) is 27.7 Å². The highest BCUT2D eigenvalue weighted by atomic mass is 16.8. The summed E-state index contributed by atoms with van der Waals surface area (Å²) in [6, 6.07) is 0. The van der Waals surface area contributed by atoms with Gasteiger partial charge in [-0.15, -0.1) is 0 Å². The zero-order valence-electron chi connectivity index (χ0n) is 17.3. The first-order valence-electron chi connectivity index (χ1n) is 10.3. The summed E-state index contributed by atoms with van der Waals surface area (Å²) in [4.78, 5) is 38.3. The summed E-state index contributed by atoms with van der Waals surface area (Å²) in [5.41, 5.74) is -9.40. The molecule has 0 amide bonds. The molecule has 0 aromatic heterocycles. The molecule has 0 aromatic carbocycles. The number of hydrogen-bond donors (Lipinski definition) is 4. The van der Waals surface area contributed by atoms with Gasteiger partial charge in [0, 0.05) is 5.92 Å². The van der Waals surface area contributed by atoms with E-state index in [0.29, 0.717) is 0 Å². The molecule has 11 nitrogen and oxygen atoms in total. The summed E-state index contributed by atoms with van der Waals surface area (Å²) in [5, 5.41) is 46.1. The van der Waals surface area contributed by atoms with E-state index in [1.54, 1.807) is 20.8 Å². The Kier molecular flexibility index (Phi) is 3.15. The molecule has 4 aliphatic heterocycles. The van der Waals surface area contributed by atoms with Gasteiger partial charge < -0.3 is 39.4 Å². The average Bonchev–Trinajstić information content (AvgIpc) is 3.35. The van der Waals surface area contributed by atoms with Gasteiger partial charge in [0.25, 0.3) is 0 Å². The second-order valence-electron chi connectivity index (χ2n) is 10.8. The van der Waals surface area contributed by atoms with Crippen LogP contribution in [0.25, 0.3) is 0 Å². The van der Waals surface area contributed by atoms with Crippen LogP contribution in [0.4, 0.5) is 0 Å². The molecule has 12 atom stereocenters. The fourth-order valence-corrected chi connectivity index (χ4v) is 8.27. The molecule has 4 saturated heterocycles. The van der Waals surface area contributed by atoms with Crippen molar-refractivity contribution in [3.05, 3.63) is 0 Å². The number of hydrogen-bond acceptors (Lipinski definition) is 11. The zero-order valence-corrected chi connectivity index (χ0v) is 17.3. The number of rotatable bonds is 0. The minimum Gasteiger partial charge on any atom is -0.456 e. The molecule has 11 heteroatoms. The Bertz CT molecular complexity index is 957. The quantitative estimate of drug-likeness (QED) is 0.234. The molecule has 6 rings (SSSR count). The van der Waals surface area contributed by atoms with Crippen LogP contribution < -0.4 is 0 Å². The van der Waals surface area contributed by atoms with Gasteiger partial charge in [0.2, 0.25) is 11.9 Å². The highest BCUT2D eigenvalue weighted by Crippen LogP contribution is 2.84. The van der Waals surface area contributed by atoms with Crippen LogP contribution in [0.15, 0.2) is 0 Å². The van der Waals surface area contributed by atoms with Gasteiger partial charge in [-0.1, -0.05) is 20.8 Å². The molecule has 0 bridgehead atoms. The lowest BCUT2D eigenvalue weighted by atomic mass is 9.51. The first-order chi connectivity index (χ1) is 14.3. The Labute approximate surface area is 176 Å². The van der Waals surface area contributed by atoms with Crippen LogP contribution in [0.5, 0.6) is 0 Å². The fraction of sp³-hybridized carbons (Fsp3) is 0.850. The fourth-order valence-electron chi connectivity index (χ4n) is 8.27. The number of esters is 3. The van der Waals surface area contributed by atoms with Crippen LogP contribution in [-0.4, -0.2) is 86.3 Å². The number of ether oxygens (including phenoxy) is 4. The number of aliphatic hydroxyl groups excluding tert-OH is 3. The van der Waals surface area contributed by atoms with Crippen molar-refractivity contribution in [2.45, 2.75) is 75.7 Å². The van der Waals surface area contributed by atoms with E-state index in [1.807, 2.05) is 0 Å². The Morgan fingerprint density at radius 1 is 0.935 bits per heavy atom. The SMILES string of the molecule is C[C@@H]1C(=O)O[C@H]2[C@@H](O)[C@]34[C@H]5OC(=O)[C@]3(O[C@@H]3OC(=O)[C@H](O)[C@@]34[C@H](C(C)(C)C)[C@H]5O)[C@@]12O. The summed E-state index contributed by atoms with van der Waals surface area (Å²) in [6.45, 7) is 6.63. The summed E-state index contributed by atoms with van der Waals surface area (Å²) >= 11 is 0. The van der Waals surface area contributed by atoms with Gasteiger partial charge in [-0.2, -0.15) is 0 Å². The van der Waals surface area contributed by atoms with E-state index in [1.165, 1.54) is 6.92 Å². The molecule has 0 unspecified atom stereocenters. The van der Waals surface area contributed by atoms with Crippen molar-refractivity contribution in [2.75, 3.05) is 0 Å². The van der Waals surface area contributed by atoms with Crippen molar-refractivity contribution in [2.24, 2.45) is 28.1 Å². The van der Waals surface area contributed by atoms with E-state index in [-0.39, 0.29) is 0 Å². The molecular formula is C20H24O11. The maximum atomic E-state index is 13.4. The van der Waals surface area contributed by atoms with Crippen LogP contribution >= 0.6 is 0 Å². The molecule has 0 aromatic rings. The van der Waals surface area contributed by atoms with E-state index in [4.69, 9.17) is 18.9 Å². The molecule has 2 spiro atoms. The normalized spacial score (nSPS) is 61.0. The second kappa shape index (κ2) is 4.91. The minimum atomic E-state index is -2.40. The van der Waals surface area contributed by atoms with Gasteiger partial charge in [-0.3, -0.25) is 4.79 Å². The van der Waals surface area contributed by atoms with Crippen LogP contribution in [-0.2, 0) is 33.3 Å². The van der Waals surface area contributed by atoms with E-state index in [2.05, 4.69) is 0 Å². The molecule has 4 heterocycles. The van der Waals surface area contributed by atoms with Gasteiger partial charge in [0.1, 0.15) is 12.2 Å². The Morgan fingerprint density at radius 2 is 1.58 bits per heavy atom. The van der Waals surface area contributed by atoms with Gasteiger partial charge >= 0.3 is 17.9 Å². The smallest absolute Gasteiger partial charge is 0.343 e. The lowest BCUT2D eigenvalue weighted by Crippen LogP contribution is -2.67. The Morgan fingerprint density at radius 3 is 2.19 bits per heavy atom. The minimum absolute atomic E-state index is 0.792. The van der Waals surface area contributed by atoms with Crippen molar-refractivity contribution < 1.29 is 53.8 Å². The number of carbonyl (C=O) groups excluding carboxylic acids is 3. The summed E-state index contributed by atoms with van der Waals surface area (Å²) < 4.78 is 22.2. The zero-order chi connectivity index (χ0) is 22.7. The Hall–Kier alpha value is -1.79. The van der Waals surface area contributed by atoms with Crippen molar-refractivity contribution >= 4 is 17.9 Å². The molecule has 2 saturated carbocycles. The lowest BCUT2D eigenvalue weighted by molar-refractivity contribution is -0.240. The highest BCUT2D eigenvalue weighted by Gasteiger charge is 3.05. The van der Waals surface area contributed by atoms with Gasteiger partial charge in [0.15, 0.2) is 17.8 Å². The topological polar surface area (TPSA) is 169 Å². The number of fused-ring (bicyclic) bond motifs is 1. The van der Waals surface area contributed by atoms with Crippen LogP contribution in [0, 0.1) is 28.1 Å². The van der Waals surface area contributed by atoms with E-state index in [9.17, 15) is 34.8 Å². The van der Waals surface area contributed by atoms with Crippen molar-refractivity contribution in [1.82, 2.24) is 0 Å². The van der Waals surface area contributed by atoms with E-state index >= 15 is 0 Å². The molecule has 6 fully saturated rings. The largest absolute Gasteiger partial charge is 0.456 e. The number of carbonyl (C=O) groups is 3. The summed E-state index contributed by atoms with van der Waals surface area (Å²) in [7, 11) is 0. The highest BCUT2D eigenvalue weighted by molar-refractivity contribution is 5.94. The third-order valence-corrected chi connectivity index (χ3v) is 8.95. The van der Waals surface area contributed by atoms with Gasteiger partial charge in [-0.25, -0.2) is 9.59 Å². The predicted molar refractivity (Wildman–Crippen MR) is 93.4 cm³/mol. The van der Waals surface area contributed by atoms with Crippen molar-refractivity contribution in [3.8, 4) is 0 Å². The van der Waals surface area contributed by atoms with E-state index < -0.39 is 94.0 Å². The standard InChI is InChI=1S/C20H24O11/c1-5-12(24)28-11-8(22)18-10-6(21)7(16(2,3)4)17(18)9(23)13(25)30-15(17)31-20(18,14(26)29-10)19(5,11)27/h5-11,15,21-23,27H,1-4H3/t5-,6-,7+,8-,9+,10+,11+,15+,17+,18-,19-,20-/m1/s1. The number of aliphatic hydroxyl groups is 4. The maximum absolute atomic E-state index is 13.4. The predicted octanol–water partition coefficient (Wildman–Crippen LogP) is -2.40. The molecule has 2 aliphatic carbocycles. The summed E-state index contributed by atoms with van der Waals surface area (Å²) in [5.74, 6) is -5.22. The van der Waals surface area contributed by atoms with Crippen LogP contribution in [0.3, 0.4) is 0 Å². The molecule has 31 heavy (non-hydrogen) atoms. The second-order valence-corrected chi connectivity index (χ2v) is 10.8. The molecular weight excluding hydrogens is 416 g/mol.